The molecular weight excluding hydrogens is 430 g/mol. The topological polar surface area (TPSA) is 110 Å². The summed E-state index contributed by atoms with van der Waals surface area (Å²) in [6.45, 7) is 2.17. The van der Waals surface area contributed by atoms with Gasteiger partial charge in [-0.2, -0.15) is 4.98 Å². The molecule has 0 spiro atoms. The zero-order valence-electron chi connectivity index (χ0n) is 17.6. The van der Waals surface area contributed by atoms with Crippen LogP contribution in [0.2, 0.25) is 0 Å². The van der Waals surface area contributed by atoms with E-state index < -0.39 is 9.84 Å². The van der Waals surface area contributed by atoms with Gasteiger partial charge >= 0.3 is 0 Å². The number of nitrogens with zero attached hydrogens (tertiary/aromatic N) is 5. The normalized spacial score (nSPS) is 16.9. The van der Waals surface area contributed by atoms with Crippen LogP contribution in [0.3, 0.4) is 0 Å². The van der Waals surface area contributed by atoms with Gasteiger partial charge in [-0.05, 0) is 37.1 Å². The number of carbonyl (C=O) groups is 1. The van der Waals surface area contributed by atoms with Crippen LogP contribution in [0.15, 0.2) is 52.0 Å². The number of hydrogen-bond donors (Lipinski definition) is 0. The number of carbonyl (C=O) groups excluding carboxylic acids is 1. The van der Waals surface area contributed by atoms with Gasteiger partial charge in [0.1, 0.15) is 5.82 Å². The fraction of sp³-hybridized carbons (Fsp3) is 0.364. The molecule has 3 aromatic rings. The molecule has 0 N–H and O–H groups in total. The van der Waals surface area contributed by atoms with E-state index in [0.29, 0.717) is 43.8 Å². The van der Waals surface area contributed by atoms with Crippen molar-refractivity contribution in [1.82, 2.24) is 20.0 Å². The van der Waals surface area contributed by atoms with Crippen molar-refractivity contribution in [1.29, 1.82) is 0 Å². The number of aromatic nitrogens is 3. The molecule has 1 aliphatic carbocycles. The quantitative estimate of drug-likeness (QED) is 0.579. The number of sulfone groups is 1. The highest BCUT2D eigenvalue weighted by molar-refractivity contribution is 7.90. The second kappa shape index (κ2) is 8.01. The van der Waals surface area contributed by atoms with Crippen molar-refractivity contribution in [3.63, 3.8) is 0 Å². The second-order valence-electron chi connectivity index (χ2n) is 8.18. The minimum atomic E-state index is -3.48. The lowest BCUT2D eigenvalue weighted by atomic mass is 10.1. The predicted octanol–water partition coefficient (Wildman–Crippen LogP) is 2.37. The van der Waals surface area contributed by atoms with Crippen molar-refractivity contribution in [3.05, 3.63) is 54.0 Å². The molecule has 2 aromatic heterocycles. The molecule has 1 aromatic carbocycles. The molecule has 1 aliphatic heterocycles. The third-order valence-electron chi connectivity index (χ3n) is 5.78. The molecule has 2 aliphatic rings. The first-order chi connectivity index (χ1) is 15.4. The fourth-order valence-corrected chi connectivity index (χ4v) is 4.71. The van der Waals surface area contributed by atoms with Gasteiger partial charge in [-0.15, -0.1) is 0 Å². The Kier molecular flexibility index (Phi) is 5.16. The summed E-state index contributed by atoms with van der Waals surface area (Å²) >= 11 is 0. The molecule has 0 unspecified atom stereocenters. The predicted molar refractivity (Wildman–Crippen MR) is 117 cm³/mol. The summed E-state index contributed by atoms with van der Waals surface area (Å²) in [4.78, 5) is 25.8. The van der Waals surface area contributed by atoms with Crippen molar-refractivity contribution in [3.8, 4) is 11.4 Å². The Morgan fingerprint density at radius 3 is 2.47 bits per heavy atom. The maximum atomic E-state index is 13.0. The van der Waals surface area contributed by atoms with Crippen LogP contribution in [0.5, 0.6) is 0 Å². The first kappa shape index (κ1) is 20.6. The Balaban J connectivity index is 1.24. The lowest BCUT2D eigenvalue weighted by molar-refractivity contribution is 0.0742. The van der Waals surface area contributed by atoms with Crippen molar-refractivity contribution >= 4 is 21.6 Å². The summed E-state index contributed by atoms with van der Waals surface area (Å²) in [5, 5.41) is 4.05. The van der Waals surface area contributed by atoms with Crippen molar-refractivity contribution < 1.29 is 17.7 Å². The van der Waals surface area contributed by atoms with Gasteiger partial charge in [0.15, 0.2) is 9.84 Å². The average molecular weight is 454 g/mol. The molecule has 1 saturated carbocycles. The highest BCUT2D eigenvalue weighted by Gasteiger charge is 2.30. The Bertz CT molecular complexity index is 1240. The van der Waals surface area contributed by atoms with Crippen LogP contribution < -0.4 is 4.90 Å². The Morgan fingerprint density at radius 1 is 1.06 bits per heavy atom. The van der Waals surface area contributed by atoms with Crippen LogP contribution in [0, 0.1) is 0 Å². The van der Waals surface area contributed by atoms with E-state index in [2.05, 4.69) is 20.0 Å². The highest BCUT2D eigenvalue weighted by Crippen LogP contribution is 2.39. The number of anilines is 1. The summed E-state index contributed by atoms with van der Waals surface area (Å²) in [6.07, 6.45) is 5.06. The lowest BCUT2D eigenvalue weighted by Gasteiger charge is -2.35. The van der Waals surface area contributed by atoms with Crippen LogP contribution in [-0.2, 0) is 9.84 Å². The van der Waals surface area contributed by atoms with Gasteiger partial charge in [0.25, 0.3) is 5.91 Å². The van der Waals surface area contributed by atoms with Gasteiger partial charge in [0, 0.05) is 50.1 Å². The molecule has 2 fully saturated rings. The average Bonchev–Trinajstić information content (AvgIpc) is 3.55. The third kappa shape index (κ3) is 4.10. The van der Waals surface area contributed by atoms with Crippen molar-refractivity contribution in [2.24, 2.45) is 0 Å². The summed E-state index contributed by atoms with van der Waals surface area (Å²) in [7, 11) is -3.48. The van der Waals surface area contributed by atoms with Crippen LogP contribution in [-0.4, -0.2) is 66.8 Å². The third-order valence-corrected chi connectivity index (χ3v) is 6.94. The Labute approximate surface area is 186 Å². The van der Waals surface area contributed by atoms with Crippen LogP contribution >= 0.6 is 0 Å². The Hall–Kier alpha value is -3.27. The molecular formula is C22H23N5O4S. The van der Waals surface area contributed by atoms with E-state index in [9.17, 15) is 13.2 Å². The zero-order valence-corrected chi connectivity index (χ0v) is 18.5. The lowest BCUT2D eigenvalue weighted by Crippen LogP contribution is -2.49. The molecule has 1 amide bonds. The smallest absolute Gasteiger partial charge is 0.255 e. The van der Waals surface area contributed by atoms with Crippen LogP contribution in [0.25, 0.3) is 11.4 Å². The molecule has 32 heavy (non-hydrogen) atoms. The second-order valence-corrected chi connectivity index (χ2v) is 10.2. The fourth-order valence-electron chi connectivity index (χ4n) is 3.83. The molecule has 1 saturated heterocycles. The first-order valence-electron chi connectivity index (χ1n) is 10.5. The van der Waals surface area contributed by atoms with E-state index >= 15 is 0 Å². The zero-order chi connectivity index (χ0) is 22.3. The summed E-state index contributed by atoms with van der Waals surface area (Å²) in [6, 6.07) is 10.2. The standard InChI is InChI=1S/C22H23N5O4S/c1-32(29,30)18-5-3-2-4-17(18)22(28)27-12-10-26(11-13-27)19-9-8-16(14-23-19)20-24-21(31-25-20)15-6-7-15/h2-5,8-9,14-15H,6-7,10-13H2,1H3. The van der Waals surface area contributed by atoms with E-state index in [1.165, 1.54) is 6.07 Å². The van der Waals surface area contributed by atoms with E-state index in [1.54, 1.807) is 29.3 Å². The molecule has 0 radical (unpaired) electrons. The number of rotatable bonds is 5. The summed E-state index contributed by atoms with van der Waals surface area (Å²) in [5.74, 6) is 2.20. The Morgan fingerprint density at radius 2 is 1.81 bits per heavy atom. The van der Waals surface area contributed by atoms with Gasteiger partial charge in [-0.25, -0.2) is 13.4 Å². The van der Waals surface area contributed by atoms with E-state index in [1.807, 2.05) is 12.1 Å². The molecule has 10 heteroatoms. The summed E-state index contributed by atoms with van der Waals surface area (Å²) < 4.78 is 29.4. The molecule has 9 nitrogen and oxygen atoms in total. The van der Waals surface area contributed by atoms with Crippen molar-refractivity contribution in [2.75, 3.05) is 37.3 Å². The van der Waals surface area contributed by atoms with Gasteiger partial charge in [0.05, 0.1) is 10.5 Å². The van der Waals surface area contributed by atoms with E-state index in [4.69, 9.17) is 4.52 Å². The van der Waals surface area contributed by atoms with Crippen LogP contribution in [0.1, 0.15) is 35.0 Å². The number of piperazine rings is 1. The molecule has 0 bridgehead atoms. The maximum Gasteiger partial charge on any atom is 0.255 e. The maximum absolute atomic E-state index is 13.0. The SMILES string of the molecule is CS(=O)(=O)c1ccccc1C(=O)N1CCN(c2ccc(-c3noc(C4CC4)n3)cn2)CC1. The number of amides is 1. The number of benzene rings is 1. The number of pyridine rings is 1. The van der Waals surface area contributed by atoms with Gasteiger partial charge in [-0.1, -0.05) is 17.3 Å². The van der Waals surface area contributed by atoms with E-state index in [-0.39, 0.29) is 16.4 Å². The first-order valence-corrected chi connectivity index (χ1v) is 12.4. The molecule has 5 rings (SSSR count). The molecule has 0 atom stereocenters. The minimum Gasteiger partial charge on any atom is -0.353 e. The van der Waals surface area contributed by atoms with Crippen molar-refractivity contribution in [2.45, 2.75) is 23.7 Å². The molecule has 166 valence electrons. The minimum absolute atomic E-state index is 0.0657. The van der Waals surface area contributed by atoms with Gasteiger partial charge in [0.2, 0.25) is 11.7 Å². The molecule has 3 heterocycles. The monoisotopic (exact) mass is 453 g/mol. The van der Waals surface area contributed by atoms with Gasteiger partial charge in [-0.3, -0.25) is 4.79 Å². The largest absolute Gasteiger partial charge is 0.353 e. The van der Waals surface area contributed by atoms with E-state index in [0.717, 1.165) is 30.5 Å². The summed E-state index contributed by atoms with van der Waals surface area (Å²) in [5.41, 5.74) is 1.02. The highest BCUT2D eigenvalue weighted by atomic mass is 32.2. The van der Waals surface area contributed by atoms with Gasteiger partial charge < -0.3 is 14.3 Å². The van der Waals surface area contributed by atoms with Crippen LogP contribution in [0.4, 0.5) is 5.82 Å². The number of hydrogen-bond acceptors (Lipinski definition) is 8.